The highest BCUT2D eigenvalue weighted by Crippen LogP contribution is 2.33. The van der Waals surface area contributed by atoms with Crippen molar-refractivity contribution >= 4 is 44.6 Å². The quantitative estimate of drug-likeness (QED) is 0.792. The highest BCUT2D eigenvalue weighted by Gasteiger charge is 2.06. The van der Waals surface area contributed by atoms with Gasteiger partial charge in [0.2, 0.25) is 0 Å². The third kappa shape index (κ3) is 3.33. The number of aryl methyl sites for hydroxylation is 1. The minimum Gasteiger partial charge on any atom is -0.497 e. The van der Waals surface area contributed by atoms with Crippen LogP contribution < -0.4 is 15.8 Å². The maximum absolute atomic E-state index is 6.13. The predicted molar refractivity (Wildman–Crippen MR) is 84.6 cm³/mol. The molecule has 0 aliphatic heterocycles. The lowest BCUT2D eigenvalue weighted by atomic mass is 10.2. The minimum absolute atomic E-state index is 0.635. The number of hydrogen-bond donors (Lipinski definition) is 2. The van der Waals surface area contributed by atoms with Crippen molar-refractivity contribution in [1.29, 1.82) is 0 Å². The number of halogens is 2. The SMILES string of the molecule is COc1cc(N)cc(Nc2cc(Cl)c(C)cc2Br)c1. The second kappa shape index (κ2) is 5.72. The Bertz CT molecular complexity index is 617. The molecule has 0 saturated heterocycles. The molecule has 0 heterocycles. The van der Waals surface area contributed by atoms with Crippen LogP contribution in [0.15, 0.2) is 34.8 Å². The first-order valence-electron chi connectivity index (χ1n) is 5.67. The predicted octanol–water partition coefficient (Wildman–Crippen LogP) is 4.75. The molecule has 0 aromatic heterocycles. The van der Waals surface area contributed by atoms with E-state index in [0.717, 1.165) is 21.4 Å². The van der Waals surface area contributed by atoms with E-state index in [1.54, 1.807) is 13.2 Å². The van der Waals surface area contributed by atoms with Crippen molar-refractivity contribution < 1.29 is 4.74 Å². The van der Waals surface area contributed by atoms with Crippen LogP contribution in [0.5, 0.6) is 5.75 Å². The van der Waals surface area contributed by atoms with Gasteiger partial charge < -0.3 is 15.8 Å². The topological polar surface area (TPSA) is 47.3 Å². The zero-order valence-corrected chi connectivity index (χ0v) is 13.0. The number of nitrogens with one attached hydrogen (secondary N) is 1. The molecule has 2 aromatic rings. The highest BCUT2D eigenvalue weighted by atomic mass is 79.9. The van der Waals surface area contributed by atoms with Gasteiger partial charge in [-0.2, -0.15) is 0 Å². The van der Waals surface area contributed by atoms with Gasteiger partial charge in [0.15, 0.2) is 0 Å². The van der Waals surface area contributed by atoms with Crippen LogP contribution in [0.3, 0.4) is 0 Å². The van der Waals surface area contributed by atoms with E-state index >= 15 is 0 Å². The summed E-state index contributed by atoms with van der Waals surface area (Å²) in [6.45, 7) is 1.96. The minimum atomic E-state index is 0.635. The van der Waals surface area contributed by atoms with Gasteiger partial charge in [-0.1, -0.05) is 11.6 Å². The lowest BCUT2D eigenvalue weighted by Gasteiger charge is -2.12. The van der Waals surface area contributed by atoms with E-state index in [2.05, 4.69) is 21.2 Å². The van der Waals surface area contributed by atoms with Crippen molar-refractivity contribution in [2.45, 2.75) is 6.92 Å². The molecule has 0 saturated carbocycles. The van der Waals surface area contributed by atoms with E-state index < -0.39 is 0 Å². The van der Waals surface area contributed by atoms with Gasteiger partial charge in [0.1, 0.15) is 5.75 Å². The molecule has 2 aromatic carbocycles. The molecular weight excluding hydrogens is 328 g/mol. The van der Waals surface area contributed by atoms with Crippen LogP contribution in [0.25, 0.3) is 0 Å². The van der Waals surface area contributed by atoms with Crippen LogP contribution in [-0.2, 0) is 0 Å². The molecular formula is C14H14BrClN2O. The summed E-state index contributed by atoms with van der Waals surface area (Å²) in [5, 5.41) is 3.97. The number of hydrogen-bond acceptors (Lipinski definition) is 3. The Kier molecular flexibility index (Phi) is 4.22. The van der Waals surface area contributed by atoms with Crippen LogP contribution >= 0.6 is 27.5 Å². The Balaban J connectivity index is 2.36. The maximum atomic E-state index is 6.13. The maximum Gasteiger partial charge on any atom is 0.122 e. The number of nitrogen functional groups attached to an aromatic ring is 1. The summed E-state index contributed by atoms with van der Waals surface area (Å²) in [7, 11) is 1.61. The fourth-order valence-corrected chi connectivity index (χ4v) is 2.43. The Morgan fingerprint density at radius 3 is 2.63 bits per heavy atom. The molecule has 100 valence electrons. The third-order valence-electron chi connectivity index (χ3n) is 2.69. The van der Waals surface area contributed by atoms with Crippen molar-refractivity contribution in [1.82, 2.24) is 0 Å². The summed E-state index contributed by atoms with van der Waals surface area (Å²) in [5.41, 5.74) is 9.20. The average molecular weight is 342 g/mol. The Labute approximate surface area is 125 Å². The van der Waals surface area contributed by atoms with Gasteiger partial charge in [-0.15, -0.1) is 0 Å². The zero-order valence-electron chi connectivity index (χ0n) is 10.6. The van der Waals surface area contributed by atoms with Crippen molar-refractivity contribution in [3.05, 3.63) is 45.4 Å². The summed E-state index contributed by atoms with van der Waals surface area (Å²) >= 11 is 9.64. The fourth-order valence-electron chi connectivity index (χ4n) is 1.71. The van der Waals surface area contributed by atoms with E-state index in [9.17, 15) is 0 Å². The fraction of sp³-hybridized carbons (Fsp3) is 0.143. The molecule has 0 fully saturated rings. The molecule has 0 aliphatic carbocycles. The Morgan fingerprint density at radius 1 is 1.21 bits per heavy atom. The van der Waals surface area contributed by atoms with Crippen molar-refractivity contribution in [3.63, 3.8) is 0 Å². The van der Waals surface area contributed by atoms with Crippen LogP contribution in [0.2, 0.25) is 5.02 Å². The van der Waals surface area contributed by atoms with Gasteiger partial charge in [-0.3, -0.25) is 0 Å². The van der Waals surface area contributed by atoms with E-state index in [-0.39, 0.29) is 0 Å². The van der Waals surface area contributed by atoms with Gasteiger partial charge in [-0.25, -0.2) is 0 Å². The van der Waals surface area contributed by atoms with Gasteiger partial charge in [0.05, 0.1) is 12.8 Å². The lowest BCUT2D eigenvalue weighted by Crippen LogP contribution is -1.95. The van der Waals surface area contributed by atoms with Gasteiger partial charge >= 0.3 is 0 Å². The lowest BCUT2D eigenvalue weighted by molar-refractivity contribution is 0.415. The van der Waals surface area contributed by atoms with Crippen LogP contribution in [0.1, 0.15) is 5.56 Å². The normalized spacial score (nSPS) is 10.3. The number of nitrogens with two attached hydrogens (primary N) is 1. The van der Waals surface area contributed by atoms with Gasteiger partial charge in [-0.05, 0) is 46.6 Å². The first-order chi connectivity index (χ1) is 8.99. The first kappa shape index (κ1) is 14.0. The van der Waals surface area contributed by atoms with Crippen molar-refractivity contribution in [2.24, 2.45) is 0 Å². The average Bonchev–Trinajstić information content (AvgIpc) is 2.35. The molecule has 19 heavy (non-hydrogen) atoms. The summed E-state index contributed by atoms with van der Waals surface area (Å²) in [6.07, 6.45) is 0. The third-order valence-corrected chi connectivity index (χ3v) is 3.76. The number of methoxy groups -OCH3 is 1. The van der Waals surface area contributed by atoms with E-state index in [1.165, 1.54) is 0 Å². The number of anilines is 3. The summed E-state index contributed by atoms with van der Waals surface area (Å²) in [6, 6.07) is 9.31. The number of ether oxygens (including phenoxy) is 1. The van der Waals surface area contributed by atoms with E-state index in [1.807, 2.05) is 31.2 Å². The molecule has 0 bridgehead atoms. The first-order valence-corrected chi connectivity index (χ1v) is 6.84. The smallest absolute Gasteiger partial charge is 0.122 e. The zero-order chi connectivity index (χ0) is 14.0. The largest absolute Gasteiger partial charge is 0.497 e. The molecule has 0 amide bonds. The molecule has 0 atom stereocenters. The molecule has 3 N–H and O–H groups in total. The van der Waals surface area contributed by atoms with Crippen LogP contribution in [0.4, 0.5) is 17.1 Å². The number of benzene rings is 2. The molecule has 3 nitrogen and oxygen atoms in total. The van der Waals surface area contributed by atoms with Crippen LogP contribution in [0, 0.1) is 6.92 Å². The van der Waals surface area contributed by atoms with E-state index in [4.69, 9.17) is 22.1 Å². The second-order valence-corrected chi connectivity index (χ2v) is 5.46. The van der Waals surface area contributed by atoms with E-state index in [0.29, 0.717) is 16.5 Å². The van der Waals surface area contributed by atoms with Gasteiger partial charge in [0, 0.05) is 33.0 Å². The Morgan fingerprint density at radius 2 is 1.95 bits per heavy atom. The summed E-state index contributed by atoms with van der Waals surface area (Å²) < 4.78 is 6.13. The molecule has 0 aliphatic rings. The monoisotopic (exact) mass is 340 g/mol. The second-order valence-electron chi connectivity index (χ2n) is 4.20. The molecule has 5 heteroatoms. The molecule has 0 radical (unpaired) electrons. The van der Waals surface area contributed by atoms with Crippen LogP contribution in [-0.4, -0.2) is 7.11 Å². The summed E-state index contributed by atoms with van der Waals surface area (Å²) in [4.78, 5) is 0. The molecule has 0 unspecified atom stereocenters. The number of rotatable bonds is 3. The highest BCUT2D eigenvalue weighted by molar-refractivity contribution is 9.10. The molecule has 2 rings (SSSR count). The standard InChI is InChI=1S/C14H14BrClN2O/c1-8-3-12(15)14(7-13(8)16)18-10-4-9(17)5-11(6-10)19-2/h3-7,18H,17H2,1-2H3. The van der Waals surface area contributed by atoms with Gasteiger partial charge in [0.25, 0.3) is 0 Å². The van der Waals surface area contributed by atoms with Crippen molar-refractivity contribution in [2.75, 3.05) is 18.2 Å². The van der Waals surface area contributed by atoms with Crippen molar-refractivity contribution in [3.8, 4) is 5.75 Å². The Hall–Kier alpha value is -1.39. The molecule has 0 spiro atoms. The summed E-state index contributed by atoms with van der Waals surface area (Å²) in [5.74, 6) is 0.705.